The van der Waals surface area contributed by atoms with E-state index < -0.39 is 40.6 Å². The molecule has 2 heterocycles. The Balaban J connectivity index is 1.42. The highest BCUT2D eigenvalue weighted by Gasteiger charge is 2.48. The molecular weight excluding hydrogens is 459 g/mol. The summed E-state index contributed by atoms with van der Waals surface area (Å²) in [5, 5.41) is 5.29. The van der Waals surface area contributed by atoms with Gasteiger partial charge in [0.25, 0.3) is 17.6 Å². The van der Waals surface area contributed by atoms with Crippen molar-refractivity contribution >= 4 is 23.3 Å². The largest absolute Gasteiger partial charge is 0.340 e. The van der Waals surface area contributed by atoms with Crippen LogP contribution in [0.25, 0.3) is 0 Å². The summed E-state index contributed by atoms with van der Waals surface area (Å²) >= 11 is 0. The summed E-state index contributed by atoms with van der Waals surface area (Å²) in [5.41, 5.74) is 1.48. The van der Waals surface area contributed by atoms with Crippen LogP contribution in [-0.2, 0) is 17.8 Å². The van der Waals surface area contributed by atoms with Gasteiger partial charge in [0.05, 0.1) is 11.1 Å². The van der Waals surface area contributed by atoms with Gasteiger partial charge in [-0.3, -0.25) is 14.4 Å². The van der Waals surface area contributed by atoms with Crippen LogP contribution in [0.1, 0.15) is 64.2 Å². The third-order valence-electron chi connectivity index (χ3n) is 6.95. The van der Waals surface area contributed by atoms with E-state index in [1.165, 1.54) is 0 Å². The van der Waals surface area contributed by atoms with Crippen molar-refractivity contribution in [3.63, 3.8) is 0 Å². The predicted octanol–water partition coefficient (Wildman–Crippen LogP) is 4.52. The molecule has 2 aliphatic carbocycles. The Bertz CT molecular complexity index is 1310. The fourth-order valence-corrected chi connectivity index (χ4v) is 5.10. The van der Waals surface area contributed by atoms with Gasteiger partial charge in [0.1, 0.15) is 5.69 Å². The Hall–Kier alpha value is -3.62. The second-order valence-corrected chi connectivity index (χ2v) is 9.26. The van der Waals surface area contributed by atoms with E-state index in [2.05, 4.69) is 22.8 Å². The van der Waals surface area contributed by atoms with Crippen molar-refractivity contribution in [2.24, 2.45) is 0 Å². The Labute approximate surface area is 199 Å². The molecule has 0 spiro atoms. The summed E-state index contributed by atoms with van der Waals surface area (Å²) < 4.78 is 42.1. The second kappa shape index (κ2) is 8.55. The molecule has 35 heavy (non-hydrogen) atoms. The number of nitrogens with zero attached hydrogens (tertiary/aromatic N) is 1. The van der Waals surface area contributed by atoms with Crippen molar-refractivity contribution in [2.75, 3.05) is 5.32 Å². The van der Waals surface area contributed by atoms with E-state index in [1.54, 1.807) is 11.5 Å². The standard InChI is InChI=1S/C26H24F3N3O3/c1-14-20(23(33)25(35)31-26(9-10-26)15-6-3-2-4-7-15)19-8-5-11-32(19)22(14)24(34)30-16-12-17(27)21(29)18(28)13-16/h3,6-7,12-13H,2,4-5,8-11H2,1H3,(H,30,34)(H,31,35). The van der Waals surface area contributed by atoms with Gasteiger partial charge in [-0.1, -0.05) is 18.2 Å². The first-order valence-corrected chi connectivity index (χ1v) is 11.6. The molecule has 2 N–H and O–H groups in total. The summed E-state index contributed by atoms with van der Waals surface area (Å²) in [6, 6.07) is 1.37. The van der Waals surface area contributed by atoms with Crippen molar-refractivity contribution in [3.05, 3.63) is 75.9 Å². The number of benzene rings is 1. The maximum Gasteiger partial charge on any atom is 0.293 e. The van der Waals surface area contributed by atoms with Gasteiger partial charge in [-0.2, -0.15) is 0 Å². The first-order valence-electron chi connectivity index (χ1n) is 11.6. The fraction of sp³-hybridized carbons (Fsp3) is 0.346. The normalized spacial score (nSPS) is 17.5. The third kappa shape index (κ3) is 3.98. The van der Waals surface area contributed by atoms with Crippen LogP contribution in [0.4, 0.5) is 18.9 Å². The van der Waals surface area contributed by atoms with Gasteiger partial charge >= 0.3 is 0 Å². The van der Waals surface area contributed by atoms with E-state index >= 15 is 0 Å². The molecule has 1 aliphatic heterocycles. The molecule has 0 unspecified atom stereocenters. The fourth-order valence-electron chi connectivity index (χ4n) is 5.10. The van der Waals surface area contributed by atoms with Crippen LogP contribution in [-0.4, -0.2) is 27.7 Å². The highest BCUT2D eigenvalue weighted by molar-refractivity contribution is 6.44. The van der Waals surface area contributed by atoms with Crippen LogP contribution in [0.5, 0.6) is 0 Å². The third-order valence-corrected chi connectivity index (χ3v) is 6.95. The topological polar surface area (TPSA) is 80.2 Å². The van der Waals surface area contributed by atoms with Crippen LogP contribution >= 0.6 is 0 Å². The SMILES string of the molecule is Cc1c(C(=O)C(=O)NC2(C3=CCCC=C3)CC2)c2n(c1C(=O)Nc1cc(F)c(F)c(F)c1)CCC2. The van der Waals surface area contributed by atoms with Crippen molar-refractivity contribution in [1.29, 1.82) is 0 Å². The maximum absolute atomic E-state index is 13.6. The van der Waals surface area contributed by atoms with Gasteiger partial charge in [0.15, 0.2) is 17.5 Å². The molecule has 0 radical (unpaired) electrons. The zero-order chi connectivity index (χ0) is 24.9. The first kappa shape index (κ1) is 23.1. The van der Waals surface area contributed by atoms with Crippen LogP contribution in [0.2, 0.25) is 0 Å². The van der Waals surface area contributed by atoms with E-state index in [9.17, 15) is 27.6 Å². The zero-order valence-corrected chi connectivity index (χ0v) is 19.1. The van der Waals surface area contributed by atoms with Crippen LogP contribution < -0.4 is 10.6 Å². The lowest BCUT2D eigenvalue weighted by molar-refractivity contribution is -0.117. The van der Waals surface area contributed by atoms with Gasteiger partial charge < -0.3 is 15.2 Å². The Kier molecular flexibility index (Phi) is 5.65. The molecule has 9 heteroatoms. The van der Waals surface area contributed by atoms with Gasteiger partial charge in [-0.05, 0) is 56.6 Å². The van der Waals surface area contributed by atoms with Crippen LogP contribution in [0, 0.1) is 24.4 Å². The number of nitrogens with one attached hydrogen (secondary N) is 2. The van der Waals surface area contributed by atoms with E-state index in [0.29, 0.717) is 42.8 Å². The molecule has 2 aromatic rings. The molecular formula is C26H24F3N3O3. The number of halogens is 3. The lowest BCUT2D eigenvalue weighted by Crippen LogP contribution is -2.42. The number of carbonyl (C=O) groups excluding carboxylic acids is 3. The number of anilines is 1. The Morgan fingerprint density at radius 2 is 1.77 bits per heavy atom. The summed E-state index contributed by atoms with van der Waals surface area (Å²) in [7, 11) is 0. The number of rotatable bonds is 6. The molecule has 0 saturated heterocycles. The second-order valence-electron chi connectivity index (χ2n) is 9.26. The zero-order valence-electron chi connectivity index (χ0n) is 19.1. The Morgan fingerprint density at radius 3 is 2.40 bits per heavy atom. The summed E-state index contributed by atoms with van der Waals surface area (Å²) in [6.07, 6.45) is 10.7. The van der Waals surface area contributed by atoms with Crippen molar-refractivity contribution in [1.82, 2.24) is 9.88 Å². The van der Waals surface area contributed by atoms with E-state index in [0.717, 1.165) is 31.3 Å². The van der Waals surface area contributed by atoms with E-state index in [1.807, 2.05) is 6.08 Å². The molecule has 1 fully saturated rings. The first-order chi connectivity index (χ1) is 16.7. The number of hydrogen-bond acceptors (Lipinski definition) is 3. The number of carbonyl (C=O) groups is 3. The highest BCUT2D eigenvalue weighted by Crippen LogP contribution is 2.44. The minimum absolute atomic E-state index is 0.137. The van der Waals surface area contributed by atoms with Crippen molar-refractivity contribution in [2.45, 2.75) is 57.5 Å². The quantitative estimate of drug-likeness (QED) is 0.360. The van der Waals surface area contributed by atoms with Gasteiger partial charge in [0, 0.05) is 30.1 Å². The summed E-state index contributed by atoms with van der Waals surface area (Å²) in [4.78, 5) is 39.4. The predicted molar refractivity (Wildman–Crippen MR) is 123 cm³/mol. The molecule has 6 nitrogen and oxygen atoms in total. The van der Waals surface area contributed by atoms with Crippen LogP contribution in [0.15, 0.2) is 35.9 Å². The molecule has 2 amide bonds. The van der Waals surface area contributed by atoms with E-state index in [4.69, 9.17) is 0 Å². The molecule has 1 aromatic carbocycles. The molecule has 3 aliphatic rings. The Morgan fingerprint density at radius 1 is 1.06 bits per heavy atom. The molecule has 5 rings (SSSR count). The number of hydrogen-bond donors (Lipinski definition) is 2. The molecule has 0 atom stereocenters. The molecule has 1 saturated carbocycles. The highest BCUT2D eigenvalue weighted by atomic mass is 19.2. The number of Topliss-reactive ketones (excluding diaryl/α,β-unsaturated/α-hetero) is 1. The average Bonchev–Trinajstić information content (AvgIpc) is 3.37. The number of ketones is 1. The van der Waals surface area contributed by atoms with Gasteiger partial charge in [0.2, 0.25) is 0 Å². The lowest BCUT2D eigenvalue weighted by atomic mass is 9.97. The minimum atomic E-state index is -1.63. The molecule has 182 valence electrons. The van der Waals surface area contributed by atoms with Gasteiger partial charge in [-0.15, -0.1) is 0 Å². The summed E-state index contributed by atoms with van der Waals surface area (Å²) in [5.74, 6) is -6.62. The number of allylic oxidation sites excluding steroid dienone is 2. The van der Waals surface area contributed by atoms with Crippen molar-refractivity contribution < 1.29 is 27.6 Å². The lowest BCUT2D eigenvalue weighted by Gasteiger charge is -2.20. The number of fused-ring (bicyclic) bond motifs is 1. The van der Waals surface area contributed by atoms with Crippen LogP contribution in [0.3, 0.4) is 0 Å². The number of amides is 2. The van der Waals surface area contributed by atoms with Crippen molar-refractivity contribution in [3.8, 4) is 0 Å². The monoisotopic (exact) mass is 483 g/mol. The van der Waals surface area contributed by atoms with Gasteiger partial charge in [-0.25, -0.2) is 13.2 Å². The van der Waals surface area contributed by atoms with E-state index in [-0.39, 0.29) is 16.9 Å². The molecule has 1 aromatic heterocycles. The molecule has 0 bridgehead atoms. The number of aromatic nitrogens is 1. The maximum atomic E-state index is 13.6. The minimum Gasteiger partial charge on any atom is -0.340 e. The smallest absolute Gasteiger partial charge is 0.293 e. The summed E-state index contributed by atoms with van der Waals surface area (Å²) in [6.45, 7) is 2.04. The average molecular weight is 483 g/mol.